The molecule has 1 amide bonds. The van der Waals surface area contributed by atoms with Gasteiger partial charge in [0.2, 0.25) is 5.91 Å². The topological polar surface area (TPSA) is 55.1 Å². The lowest BCUT2D eigenvalue weighted by Gasteiger charge is -2.17. The first-order valence-corrected chi connectivity index (χ1v) is 6.31. The van der Waals surface area contributed by atoms with Crippen molar-refractivity contribution in [3.8, 4) is 0 Å². The van der Waals surface area contributed by atoms with Crippen LogP contribution in [-0.4, -0.2) is 29.5 Å². The normalized spacial score (nSPS) is 23.9. The summed E-state index contributed by atoms with van der Waals surface area (Å²) in [5, 5.41) is 3.53. The number of nitrogens with two attached hydrogens (primary N) is 1. The third-order valence-corrected chi connectivity index (χ3v) is 3.95. The molecule has 1 aliphatic rings. The van der Waals surface area contributed by atoms with Gasteiger partial charge in [-0.2, -0.15) is 11.8 Å². The molecule has 2 atom stereocenters. The van der Waals surface area contributed by atoms with Crippen molar-refractivity contribution >= 4 is 17.7 Å². The Morgan fingerprint density at radius 3 is 2.86 bits per heavy atom. The quantitative estimate of drug-likeness (QED) is 0.736. The van der Waals surface area contributed by atoms with Crippen molar-refractivity contribution in [2.75, 3.05) is 12.3 Å². The van der Waals surface area contributed by atoms with E-state index in [1.165, 1.54) is 18.6 Å². The maximum absolute atomic E-state index is 11.5. The van der Waals surface area contributed by atoms with Crippen LogP contribution >= 0.6 is 11.8 Å². The number of hydrogen-bond acceptors (Lipinski definition) is 3. The van der Waals surface area contributed by atoms with Crippen LogP contribution in [0.25, 0.3) is 0 Å². The minimum Gasteiger partial charge on any atom is -0.354 e. The molecule has 1 aliphatic heterocycles. The maximum atomic E-state index is 11.5. The predicted molar refractivity (Wildman–Crippen MR) is 61.3 cm³/mol. The van der Waals surface area contributed by atoms with E-state index in [1.54, 1.807) is 0 Å². The highest BCUT2D eigenvalue weighted by Crippen LogP contribution is 2.25. The summed E-state index contributed by atoms with van der Waals surface area (Å²) < 4.78 is 0. The number of carbonyl (C=O) groups excluding carboxylic acids is 1. The van der Waals surface area contributed by atoms with Gasteiger partial charge in [0, 0.05) is 11.8 Å². The van der Waals surface area contributed by atoms with Gasteiger partial charge in [0.15, 0.2) is 0 Å². The molecule has 14 heavy (non-hydrogen) atoms. The summed E-state index contributed by atoms with van der Waals surface area (Å²) >= 11 is 1.95. The first kappa shape index (κ1) is 11.9. The molecule has 0 bridgehead atoms. The molecule has 3 N–H and O–H groups in total. The van der Waals surface area contributed by atoms with Crippen molar-refractivity contribution in [1.82, 2.24) is 5.32 Å². The first-order chi connectivity index (χ1) is 6.61. The largest absolute Gasteiger partial charge is 0.354 e. The number of hydrogen-bond donors (Lipinski definition) is 2. The SMILES string of the molecule is CC(C)[C@@H](N)C(=O)NCC1CCCS1. The van der Waals surface area contributed by atoms with E-state index in [2.05, 4.69) is 5.32 Å². The summed E-state index contributed by atoms with van der Waals surface area (Å²) in [4.78, 5) is 11.5. The molecule has 0 radical (unpaired) electrons. The molecule has 1 fully saturated rings. The van der Waals surface area contributed by atoms with Gasteiger partial charge >= 0.3 is 0 Å². The Balaban J connectivity index is 2.19. The van der Waals surface area contributed by atoms with Crippen LogP contribution < -0.4 is 11.1 Å². The fourth-order valence-electron chi connectivity index (χ4n) is 1.44. The molecule has 82 valence electrons. The van der Waals surface area contributed by atoms with E-state index in [0.29, 0.717) is 5.25 Å². The van der Waals surface area contributed by atoms with Gasteiger partial charge in [0.25, 0.3) is 0 Å². The minimum absolute atomic E-state index is 0.00694. The molecule has 0 aromatic carbocycles. The summed E-state index contributed by atoms with van der Waals surface area (Å²) in [6, 6.07) is -0.360. The standard InChI is InChI=1S/C10H20N2OS/c1-7(2)9(11)10(13)12-6-8-4-3-5-14-8/h7-9H,3-6,11H2,1-2H3,(H,12,13)/t8?,9-/m1/s1. The molecule has 1 saturated heterocycles. The average molecular weight is 216 g/mol. The van der Waals surface area contributed by atoms with E-state index in [1.807, 2.05) is 25.6 Å². The minimum atomic E-state index is -0.360. The number of amides is 1. The Kier molecular flexibility index (Phi) is 4.75. The smallest absolute Gasteiger partial charge is 0.237 e. The van der Waals surface area contributed by atoms with Crippen molar-refractivity contribution in [3.05, 3.63) is 0 Å². The van der Waals surface area contributed by atoms with Crippen LogP contribution in [0.3, 0.4) is 0 Å². The van der Waals surface area contributed by atoms with Gasteiger partial charge in [-0.1, -0.05) is 13.8 Å². The molecule has 0 aliphatic carbocycles. The zero-order chi connectivity index (χ0) is 10.6. The van der Waals surface area contributed by atoms with Gasteiger partial charge in [-0.3, -0.25) is 4.79 Å². The molecule has 1 rings (SSSR count). The van der Waals surface area contributed by atoms with Crippen LogP contribution in [0.2, 0.25) is 0 Å². The van der Waals surface area contributed by atoms with E-state index in [9.17, 15) is 4.79 Å². The molecule has 1 unspecified atom stereocenters. The first-order valence-electron chi connectivity index (χ1n) is 5.26. The Morgan fingerprint density at radius 2 is 2.36 bits per heavy atom. The van der Waals surface area contributed by atoms with Crippen molar-refractivity contribution in [2.24, 2.45) is 11.7 Å². The molecule has 0 aromatic rings. The van der Waals surface area contributed by atoms with Crippen LogP contribution in [-0.2, 0) is 4.79 Å². The summed E-state index contributed by atoms with van der Waals surface area (Å²) in [7, 11) is 0. The van der Waals surface area contributed by atoms with E-state index in [-0.39, 0.29) is 17.9 Å². The number of carbonyl (C=O) groups is 1. The third kappa shape index (κ3) is 3.50. The second kappa shape index (κ2) is 5.61. The second-order valence-corrected chi connectivity index (χ2v) is 5.56. The van der Waals surface area contributed by atoms with Crippen LogP contribution in [0.1, 0.15) is 26.7 Å². The summed E-state index contributed by atoms with van der Waals surface area (Å²) in [5.41, 5.74) is 5.73. The highest BCUT2D eigenvalue weighted by molar-refractivity contribution is 8.00. The van der Waals surface area contributed by atoms with E-state index in [4.69, 9.17) is 5.73 Å². The Labute approximate surface area is 90.2 Å². The average Bonchev–Trinajstić information content (AvgIpc) is 2.65. The molecular weight excluding hydrogens is 196 g/mol. The number of nitrogens with one attached hydrogen (secondary N) is 1. The van der Waals surface area contributed by atoms with Gasteiger partial charge < -0.3 is 11.1 Å². The lowest BCUT2D eigenvalue weighted by Crippen LogP contribution is -2.45. The Morgan fingerprint density at radius 1 is 1.64 bits per heavy atom. The Hall–Kier alpha value is -0.220. The summed E-state index contributed by atoms with van der Waals surface area (Å²) in [6.07, 6.45) is 2.50. The lowest BCUT2D eigenvalue weighted by molar-refractivity contribution is -0.123. The lowest BCUT2D eigenvalue weighted by atomic mass is 10.1. The van der Waals surface area contributed by atoms with Crippen molar-refractivity contribution < 1.29 is 4.79 Å². The van der Waals surface area contributed by atoms with Gasteiger partial charge in [-0.25, -0.2) is 0 Å². The molecule has 0 aromatic heterocycles. The molecule has 3 nitrogen and oxygen atoms in total. The van der Waals surface area contributed by atoms with Gasteiger partial charge in [0.05, 0.1) is 6.04 Å². The number of thioether (sulfide) groups is 1. The van der Waals surface area contributed by atoms with E-state index in [0.717, 1.165) is 6.54 Å². The van der Waals surface area contributed by atoms with Crippen LogP contribution in [0.5, 0.6) is 0 Å². The monoisotopic (exact) mass is 216 g/mol. The maximum Gasteiger partial charge on any atom is 0.237 e. The molecule has 4 heteroatoms. The predicted octanol–water partition coefficient (Wildman–Crippen LogP) is 0.981. The van der Waals surface area contributed by atoms with Crippen molar-refractivity contribution in [3.63, 3.8) is 0 Å². The zero-order valence-electron chi connectivity index (χ0n) is 8.95. The van der Waals surface area contributed by atoms with Crippen LogP contribution in [0.4, 0.5) is 0 Å². The van der Waals surface area contributed by atoms with Gasteiger partial charge in [-0.15, -0.1) is 0 Å². The highest BCUT2D eigenvalue weighted by atomic mass is 32.2. The highest BCUT2D eigenvalue weighted by Gasteiger charge is 2.20. The molecular formula is C10H20N2OS. The van der Waals surface area contributed by atoms with Crippen molar-refractivity contribution in [1.29, 1.82) is 0 Å². The van der Waals surface area contributed by atoms with E-state index >= 15 is 0 Å². The number of rotatable bonds is 4. The molecule has 0 spiro atoms. The summed E-state index contributed by atoms with van der Waals surface area (Å²) in [5.74, 6) is 1.44. The zero-order valence-corrected chi connectivity index (χ0v) is 9.77. The van der Waals surface area contributed by atoms with Crippen LogP contribution in [0.15, 0.2) is 0 Å². The van der Waals surface area contributed by atoms with Crippen molar-refractivity contribution in [2.45, 2.75) is 38.0 Å². The van der Waals surface area contributed by atoms with Gasteiger partial charge in [0.1, 0.15) is 0 Å². The fraction of sp³-hybridized carbons (Fsp3) is 0.900. The third-order valence-electron chi connectivity index (χ3n) is 2.55. The fourth-order valence-corrected chi connectivity index (χ4v) is 2.64. The van der Waals surface area contributed by atoms with Crippen LogP contribution in [0, 0.1) is 5.92 Å². The Bertz CT molecular complexity index is 191. The summed E-state index contributed by atoms with van der Waals surface area (Å²) in [6.45, 7) is 4.72. The molecule has 1 heterocycles. The second-order valence-electron chi connectivity index (χ2n) is 4.15. The molecule has 0 saturated carbocycles. The van der Waals surface area contributed by atoms with Gasteiger partial charge in [-0.05, 0) is 24.5 Å². The van der Waals surface area contributed by atoms with E-state index < -0.39 is 0 Å².